The van der Waals surface area contributed by atoms with E-state index in [1.807, 2.05) is 28.0 Å². The number of imidazole rings is 1. The number of benzene rings is 1. The lowest BCUT2D eigenvalue weighted by atomic mass is 9.83. The highest BCUT2D eigenvalue weighted by Gasteiger charge is 2.44. The van der Waals surface area contributed by atoms with Crippen LogP contribution in [0.1, 0.15) is 107 Å². The van der Waals surface area contributed by atoms with Gasteiger partial charge in [-0.1, -0.05) is 39.3 Å². The Kier molecular flexibility index (Phi) is 9.45. The predicted octanol–water partition coefficient (Wildman–Crippen LogP) is 6.23. The van der Waals surface area contributed by atoms with Crippen LogP contribution in [0.3, 0.4) is 0 Å². The molecule has 1 N–H and O–H groups in total. The molecule has 2 atom stereocenters. The van der Waals surface area contributed by atoms with Crippen molar-refractivity contribution in [1.29, 1.82) is 0 Å². The number of carbonyl (C=O) groups excluding carboxylic acids is 2. The zero-order chi connectivity index (χ0) is 33.6. The van der Waals surface area contributed by atoms with E-state index in [-0.39, 0.29) is 52.5 Å². The van der Waals surface area contributed by atoms with Crippen molar-refractivity contribution < 1.29 is 14.0 Å². The van der Waals surface area contributed by atoms with Crippen molar-refractivity contribution >= 4 is 34.7 Å². The molecule has 1 saturated carbocycles. The molecule has 0 spiro atoms. The van der Waals surface area contributed by atoms with Crippen LogP contribution in [0.2, 0.25) is 0 Å². The molecule has 1 unspecified atom stereocenters. The second kappa shape index (κ2) is 13.6. The number of nitrogens with one attached hydrogen (secondary N) is 1. The van der Waals surface area contributed by atoms with Crippen molar-refractivity contribution in [3.05, 3.63) is 64.0 Å². The molecular weight excluding hydrogens is 628 g/mol. The summed E-state index contributed by atoms with van der Waals surface area (Å²) in [5, 5.41) is -0.833. The van der Waals surface area contributed by atoms with Crippen molar-refractivity contribution in [3.63, 3.8) is 0 Å². The van der Waals surface area contributed by atoms with Gasteiger partial charge in [0.05, 0.1) is 10.8 Å². The zero-order valence-corrected chi connectivity index (χ0v) is 29.3. The fourth-order valence-electron chi connectivity index (χ4n) is 8.13. The number of pyridine rings is 1. The van der Waals surface area contributed by atoms with Crippen LogP contribution in [0.25, 0.3) is 11.2 Å². The highest BCUT2D eigenvalue weighted by molar-refractivity contribution is 8.01. The molecule has 2 aromatic heterocycles. The molecule has 1 aliphatic carbocycles. The van der Waals surface area contributed by atoms with Gasteiger partial charge >= 0.3 is 5.69 Å². The third kappa shape index (κ3) is 6.69. The van der Waals surface area contributed by atoms with E-state index in [9.17, 15) is 14.4 Å². The Morgan fingerprint density at radius 3 is 2.42 bits per heavy atom. The smallest absolute Gasteiger partial charge is 0.327 e. The number of amides is 2. The minimum Gasteiger partial charge on any atom is -0.342 e. The summed E-state index contributed by atoms with van der Waals surface area (Å²) in [5.41, 5.74) is 2.87. The zero-order valence-electron chi connectivity index (χ0n) is 28.5. The lowest BCUT2D eigenvalue weighted by Crippen LogP contribution is -2.44. The van der Waals surface area contributed by atoms with Gasteiger partial charge in [0.1, 0.15) is 11.2 Å². The first kappa shape index (κ1) is 33.3. The van der Waals surface area contributed by atoms with Crippen LogP contribution >= 0.6 is 11.8 Å². The lowest BCUT2D eigenvalue weighted by molar-refractivity contribution is -0.136. The normalized spacial score (nSPS) is 23.7. The first-order valence-corrected chi connectivity index (χ1v) is 18.8. The number of piperidine rings is 2. The maximum absolute atomic E-state index is 15.8. The summed E-state index contributed by atoms with van der Waals surface area (Å²) in [5.74, 6) is -0.108. The Labute approximate surface area is 286 Å². The van der Waals surface area contributed by atoms with Gasteiger partial charge in [-0.25, -0.2) is 14.2 Å². The van der Waals surface area contributed by atoms with Crippen LogP contribution in [0.5, 0.6) is 0 Å². The third-order valence-electron chi connectivity index (χ3n) is 11.2. The highest BCUT2D eigenvalue weighted by atomic mass is 32.2. The van der Waals surface area contributed by atoms with Crippen molar-refractivity contribution in [2.24, 2.45) is 5.41 Å². The van der Waals surface area contributed by atoms with E-state index in [1.165, 1.54) is 31.0 Å². The Balaban J connectivity index is 1.06. The molecule has 1 aromatic carbocycles. The Bertz CT molecular complexity index is 1700. The van der Waals surface area contributed by atoms with Crippen LogP contribution < -0.4 is 5.69 Å². The van der Waals surface area contributed by atoms with E-state index in [0.717, 1.165) is 49.0 Å². The van der Waals surface area contributed by atoms with Crippen LogP contribution in [0, 0.1) is 11.2 Å². The van der Waals surface area contributed by atoms with Crippen LogP contribution in [-0.4, -0.2) is 85.1 Å². The minimum absolute atomic E-state index is 0.0220. The second-order valence-corrected chi connectivity index (χ2v) is 16.7. The fraction of sp³-hybridized carbons (Fsp3) is 0.622. The van der Waals surface area contributed by atoms with Gasteiger partial charge in [-0.15, -0.1) is 11.8 Å². The quantitative estimate of drug-likeness (QED) is 0.304. The summed E-state index contributed by atoms with van der Waals surface area (Å²) >= 11 is 1.53. The number of H-pyrrole nitrogens is 1. The molecule has 3 aromatic rings. The highest BCUT2D eigenvalue weighted by Crippen LogP contribution is 2.49. The van der Waals surface area contributed by atoms with E-state index in [1.54, 1.807) is 22.9 Å². The SMILES string of the molecule is CC(C)(C)CCN1C(=O)[C@H](CC(=O)N2CCC(n3c(=O)[nH]c4ncccc43)CC2)SC1c1cccc(F)c1C1CCN(C2CCC2)CC1. The summed E-state index contributed by atoms with van der Waals surface area (Å²) in [6, 6.07) is 9.76. The monoisotopic (exact) mass is 676 g/mol. The van der Waals surface area contributed by atoms with Crippen molar-refractivity contribution in [3.8, 4) is 0 Å². The number of thioether (sulfide) groups is 1. The molecule has 7 rings (SSSR count). The number of likely N-dealkylation sites (tertiary alicyclic amines) is 2. The molecule has 258 valence electrons. The van der Waals surface area contributed by atoms with Crippen molar-refractivity contribution in [2.45, 2.75) is 107 Å². The van der Waals surface area contributed by atoms with E-state index < -0.39 is 5.25 Å². The predicted molar refractivity (Wildman–Crippen MR) is 187 cm³/mol. The third-order valence-corrected chi connectivity index (χ3v) is 12.6. The summed E-state index contributed by atoms with van der Waals surface area (Å²) in [7, 11) is 0. The minimum atomic E-state index is -0.515. The summed E-state index contributed by atoms with van der Waals surface area (Å²) in [4.78, 5) is 54.0. The van der Waals surface area contributed by atoms with E-state index >= 15 is 4.39 Å². The number of hydrogen-bond acceptors (Lipinski definition) is 6. The average molecular weight is 677 g/mol. The number of nitrogens with zero attached hydrogens (tertiary/aromatic N) is 5. The standard InChI is InChI=1S/C37H49FN6O3S/c1-37(2,3)16-22-43-34(46)30(23-31(45)42-20-14-26(15-21-42)44-29-11-6-17-39-33(29)40-36(44)47)48-35(43)27-9-5-10-28(38)32(27)24-12-18-41(19-13-24)25-7-4-8-25/h5-6,9-11,17,24-26,30,35H,4,7-8,12-16,18-23H2,1-3H3,(H,39,40,47)/t30-,35?/m0/s1. The Hall–Kier alpha value is -3.18. The summed E-state index contributed by atoms with van der Waals surface area (Å²) in [6.07, 6.45) is 9.64. The van der Waals surface area contributed by atoms with E-state index in [0.29, 0.717) is 44.2 Å². The molecule has 4 aliphatic rings. The largest absolute Gasteiger partial charge is 0.342 e. The molecule has 11 heteroatoms. The second-order valence-electron chi connectivity index (χ2n) is 15.4. The molecule has 48 heavy (non-hydrogen) atoms. The van der Waals surface area contributed by atoms with Gasteiger partial charge in [0, 0.05) is 44.3 Å². The first-order chi connectivity index (χ1) is 23.1. The lowest BCUT2D eigenvalue weighted by Gasteiger charge is -2.42. The van der Waals surface area contributed by atoms with Gasteiger partial charge in [0.2, 0.25) is 11.8 Å². The topological polar surface area (TPSA) is 94.5 Å². The number of aromatic nitrogens is 3. The van der Waals surface area contributed by atoms with Gasteiger partial charge in [-0.2, -0.15) is 0 Å². The van der Waals surface area contributed by atoms with Crippen LogP contribution in [0.15, 0.2) is 41.3 Å². The summed E-state index contributed by atoms with van der Waals surface area (Å²) < 4.78 is 17.6. The molecule has 5 heterocycles. The molecule has 9 nitrogen and oxygen atoms in total. The van der Waals surface area contributed by atoms with E-state index in [4.69, 9.17) is 0 Å². The maximum atomic E-state index is 15.8. The molecule has 0 radical (unpaired) electrons. The fourth-order valence-corrected chi connectivity index (χ4v) is 9.64. The van der Waals surface area contributed by atoms with Gasteiger partial charge in [0.25, 0.3) is 0 Å². The number of hydrogen-bond donors (Lipinski definition) is 1. The van der Waals surface area contributed by atoms with Crippen LogP contribution in [0.4, 0.5) is 4.39 Å². The molecule has 3 aliphatic heterocycles. The van der Waals surface area contributed by atoms with Gasteiger partial charge in [-0.05, 0) is 98.7 Å². The number of carbonyl (C=O) groups is 2. The average Bonchev–Trinajstić information content (AvgIpc) is 3.54. The van der Waals surface area contributed by atoms with E-state index in [2.05, 4.69) is 35.6 Å². The van der Waals surface area contributed by atoms with Crippen LogP contribution in [-0.2, 0) is 9.59 Å². The van der Waals surface area contributed by atoms with Crippen molar-refractivity contribution in [2.75, 3.05) is 32.7 Å². The number of aromatic amines is 1. The molecule has 2 amide bonds. The number of rotatable bonds is 8. The summed E-state index contributed by atoms with van der Waals surface area (Å²) in [6.45, 7) is 10.1. The molecule has 3 saturated heterocycles. The van der Waals surface area contributed by atoms with Gasteiger partial charge in [-0.3, -0.25) is 19.1 Å². The first-order valence-electron chi connectivity index (χ1n) is 17.9. The number of fused-ring (bicyclic) bond motifs is 1. The number of halogens is 1. The van der Waals surface area contributed by atoms with Gasteiger partial charge < -0.3 is 14.7 Å². The van der Waals surface area contributed by atoms with Crippen molar-refractivity contribution in [1.82, 2.24) is 29.2 Å². The Morgan fingerprint density at radius 1 is 0.979 bits per heavy atom. The Morgan fingerprint density at radius 2 is 1.73 bits per heavy atom. The maximum Gasteiger partial charge on any atom is 0.327 e. The molecular formula is C37H49FN6O3S. The van der Waals surface area contributed by atoms with Gasteiger partial charge in [0.15, 0.2) is 5.65 Å². The molecule has 0 bridgehead atoms. The molecule has 4 fully saturated rings.